The van der Waals surface area contributed by atoms with Crippen molar-refractivity contribution in [3.8, 4) is 0 Å². The molecular formula is C25H32ClN5O4. The topological polar surface area (TPSA) is 85.9 Å². The first kappa shape index (κ1) is 24.2. The SMILES string of the molecule is CCOC(=O)CN1CCN(Cc2nc(C3CC(Cn4ccc5ccccc54)CC(Cl)O3)no2)CC1. The van der Waals surface area contributed by atoms with E-state index in [4.69, 9.17) is 25.6 Å². The number of nitrogens with zero attached hydrogens (tertiary/aromatic N) is 5. The number of carbonyl (C=O) groups is 1. The van der Waals surface area contributed by atoms with Gasteiger partial charge in [-0.1, -0.05) is 35.0 Å². The molecule has 0 radical (unpaired) electrons. The molecule has 0 spiro atoms. The zero-order valence-corrected chi connectivity index (χ0v) is 20.8. The van der Waals surface area contributed by atoms with Crippen molar-refractivity contribution in [2.75, 3.05) is 39.3 Å². The van der Waals surface area contributed by atoms with E-state index < -0.39 is 0 Å². The zero-order valence-electron chi connectivity index (χ0n) is 20.0. The molecule has 1 aromatic carbocycles. The molecule has 2 aromatic heterocycles. The van der Waals surface area contributed by atoms with Crippen LogP contribution in [0.4, 0.5) is 0 Å². The van der Waals surface area contributed by atoms with Crippen LogP contribution < -0.4 is 0 Å². The van der Waals surface area contributed by atoms with Crippen LogP contribution in [-0.4, -0.2) is 75.4 Å². The van der Waals surface area contributed by atoms with E-state index in [0.717, 1.165) is 45.6 Å². The average molecular weight is 502 g/mol. The first-order valence-corrected chi connectivity index (χ1v) is 12.8. The van der Waals surface area contributed by atoms with Gasteiger partial charge in [-0.3, -0.25) is 14.6 Å². The third kappa shape index (κ3) is 6.03. The van der Waals surface area contributed by atoms with Gasteiger partial charge in [0.05, 0.1) is 19.7 Å². The van der Waals surface area contributed by atoms with Crippen LogP contribution in [0.2, 0.25) is 0 Å². The fraction of sp³-hybridized carbons (Fsp3) is 0.560. The number of aromatic nitrogens is 3. The Hall–Kier alpha value is -2.46. The zero-order chi connectivity index (χ0) is 24.2. The second-order valence-corrected chi connectivity index (χ2v) is 9.79. The third-order valence-corrected chi connectivity index (χ3v) is 7.05. The van der Waals surface area contributed by atoms with E-state index in [1.165, 1.54) is 10.9 Å². The maximum absolute atomic E-state index is 11.7. The second-order valence-electron chi connectivity index (χ2n) is 9.30. The molecule has 0 bridgehead atoms. The van der Waals surface area contributed by atoms with Crippen LogP contribution in [0.1, 0.15) is 37.6 Å². The number of halogens is 1. The summed E-state index contributed by atoms with van der Waals surface area (Å²) < 4.78 is 18.9. The van der Waals surface area contributed by atoms with E-state index in [2.05, 4.69) is 61.0 Å². The third-order valence-electron chi connectivity index (χ3n) is 6.77. The standard InChI is InChI=1S/C25H32ClN5O4/c1-2-33-24(32)17-30-11-9-29(10-12-30)16-23-27-25(28-35-23)21-13-18(14-22(26)34-21)15-31-8-7-19-5-3-4-6-20(19)31/h3-8,18,21-22H,2,9-17H2,1H3. The van der Waals surface area contributed by atoms with Gasteiger partial charge in [-0.15, -0.1) is 0 Å². The number of ether oxygens (including phenoxy) is 2. The summed E-state index contributed by atoms with van der Waals surface area (Å²) in [6, 6.07) is 10.5. The number of benzene rings is 1. The van der Waals surface area contributed by atoms with Crippen molar-refractivity contribution in [3.63, 3.8) is 0 Å². The quantitative estimate of drug-likeness (QED) is 0.343. The van der Waals surface area contributed by atoms with Crippen molar-refractivity contribution in [1.29, 1.82) is 0 Å². The number of esters is 1. The Morgan fingerprint density at radius 3 is 2.77 bits per heavy atom. The van der Waals surface area contributed by atoms with Gasteiger partial charge in [0.25, 0.3) is 0 Å². The summed E-state index contributed by atoms with van der Waals surface area (Å²) in [5.41, 5.74) is 0.848. The number of carbonyl (C=O) groups excluding carboxylic acids is 1. The number of alkyl halides is 1. The van der Waals surface area contributed by atoms with Gasteiger partial charge in [-0.25, -0.2) is 0 Å². The highest BCUT2D eigenvalue weighted by molar-refractivity contribution is 6.19. The van der Waals surface area contributed by atoms with Crippen LogP contribution in [-0.2, 0) is 27.4 Å². The smallest absolute Gasteiger partial charge is 0.320 e. The summed E-state index contributed by atoms with van der Waals surface area (Å²) >= 11 is 6.48. The molecule has 35 heavy (non-hydrogen) atoms. The Kier molecular flexibility index (Phi) is 7.67. The molecule has 3 unspecified atom stereocenters. The number of rotatable bonds is 8. The van der Waals surface area contributed by atoms with Gasteiger partial charge in [0.1, 0.15) is 11.7 Å². The fourth-order valence-electron chi connectivity index (χ4n) is 4.99. The van der Waals surface area contributed by atoms with Crippen LogP contribution in [0.15, 0.2) is 41.1 Å². The van der Waals surface area contributed by atoms with Gasteiger partial charge in [0, 0.05) is 44.4 Å². The lowest BCUT2D eigenvalue weighted by Crippen LogP contribution is -2.47. The van der Waals surface area contributed by atoms with Crippen LogP contribution in [0, 0.1) is 5.92 Å². The highest BCUT2D eigenvalue weighted by Crippen LogP contribution is 2.36. The summed E-state index contributed by atoms with van der Waals surface area (Å²) in [6.45, 7) is 7.28. The summed E-state index contributed by atoms with van der Waals surface area (Å²) in [6.07, 6.45) is 3.43. The van der Waals surface area contributed by atoms with Crippen molar-refractivity contribution in [2.45, 2.75) is 44.5 Å². The number of hydrogen-bond acceptors (Lipinski definition) is 8. The van der Waals surface area contributed by atoms with Gasteiger partial charge in [-0.2, -0.15) is 4.98 Å². The summed E-state index contributed by atoms with van der Waals surface area (Å²) in [5, 5.41) is 5.46. The fourth-order valence-corrected chi connectivity index (χ4v) is 5.37. The lowest BCUT2D eigenvalue weighted by molar-refractivity contribution is -0.144. The molecule has 2 saturated heterocycles. The van der Waals surface area contributed by atoms with Gasteiger partial charge in [-0.05, 0) is 43.2 Å². The molecule has 188 valence electrons. The molecule has 4 heterocycles. The normalized spacial score (nSPS) is 24.1. The van der Waals surface area contributed by atoms with Crippen molar-refractivity contribution < 1.29 is 18.8 Å². The van der Waals surface area contributed by atoms with E-state index in [0.29, 0.717) is 37.3 Å². The summed E-state index contributed by atoms with van der Waals surface area (Å²) in [5.74, 6) is 1.32. The van der Waals surface area contributed by atoms with Crippen molar-refractivity contribution in [2.24, 2.45) is 5.92 Å². The predicted octanol–water partition coefficient (Wildman–Crippen LogP) is 3.44. The Balaban J connectivity index is 1.15. The molecule has 3 atom stereocenters. The first-order chi connectivity index (χ1) is 17.1. The number of piperazine rings is 1. The monoisotopic (exact) mass is 501 g/mol. The van der Waals surface area contributed by atoms with E-state index in [1.807, 2.05) is 6.92 Å². The Labute approximate surface area is 209 Å². The molecule has 10 heteroatoms. The Bertz CT molecular complexity index is 1130. The Morgan fingerprint density at radius 2 is 1.94 bits per heavy atom. The van der Waals surface area contributed by atoms with Gasteiger partial charge in [0.2, 0.25) is 11.7 Å². The molecular weight excluding hydrogens is 470 g/mol. The van der Waals surface area contributed by atoms with E-state index in [1.54, 1.807) is 0 Å². The maximum Gasteiger partial charge on any atom is 0.320 e. The molecule has 0 saturated carbocycles. The largest absolute Gasteiger partial charge is 0.465 e. The van der Waals surface area contributed by atoms with Gasteiger partial charge < -0.3 is 18.6 Å². The first-order valence-electron chi connectivity index (χ1n) is 12.3. The molecule has 5 rings (SSSR count). The van der Waals surface area contributed by atoms with Crippen molar-refractivity contribution in [1.82, 2.24) is 24.5 Å². The minimum Gasteiger partial charge on any atom is -0.465 e. The highest BCUT2D eigenvalue weighted by Gasteiger charge is 2.33. The van der Waals surface area contributed by atoms with Crippen molar-refractivity contribution in [3.05, 3.63) is 48.2 Å². The van der Waals surface area contributed by atoms with E-state index in [-0.39, 0.29) is 17.6 Å². The maximum atomic E-state index is 11.7. The van der Waals surface area contributed by atoms with Crippen LogP contribution in [0.3, 0.4) is 0 Å². The molecule has 2 aliphatic rings. The molecule has 0 N–H and O–H groups in total. The minimum atomic E-state index is -0.380. The lowest BCUT2D eigenvalue weighted by atomic mass is 9.95. The minimum absolute atomic E-state index is 0.171. The molecule has 0 aliphatic carbocycles. The van der Waals surface area contributed by atoms with E-state index >= 15 is 0 Å². The van der Waals surface area contributed by atoms with Crippen LogP contribution in [0.25, 0.3) is 10.9 Å². The Morgan fingerprint density at radius 1 is 1.14 bits per heavy atom. The lowest BCUT2D eigenvalue weighted by Gasteiger charge is -2.33. The summed E-state index contributed by atoms with van der Waals surface area (Å²) in [4.78, 5) is 20.7. The van der Waals surface area contributed by atoms with Crippen LogP contribution >= 0.6 is 11.6 Å². The van der Waals surface area contributed by atoms with E-state index in [9.17, 15) is 4.79 Å². The van der Waals surface area contributed by atoms with Crippen LogP contribution in [0.5, 0.6) is 0 Å². The molecule has 2 fully saturated rings. The number of para-hydroxylation sites is 1. The molecule has 0 amide bonds. The number of hydrogen-bond donors (Lipinski definition) is 0. The highest BCUT2D eigenvalue weighted by atomic mass is 35.5. The van der Waals surface area contributed by atoms with Gasteiger partial charge in [0.15, 0.2) is 0 Å². The predicted molar refractivity (Wildman–Crippen MR) is 131 cm³/mol. The second kappa shape index (κ2) is 11.1. The van der Waals surface area contributed by atoms with Gasteiger partial charge >= 0.3 is 5.97 Å². The molecule has 2 aliphatic heterocycles. The number of fused-ring (bicyclic) bond motifs is 1. The molecule has 9 nitrogen and oxygen atoms in total. The average Bonchev–Trinajstić information content (AvgIpc) is 3.48. The summed E-state index contributed by atoms with van der Waals surface area (Å²) in [7, 11) is 0. The molecule has 3 aromatic rings. The van der Waals surface area contributed by atoms with Crippen molar-refractivity contribution >= 4 is 28.5 Å².